The maximum atomic E-state index is 14.1. The third kappa shape index (κ3) is 4.73. The smallest absolute Gasteiger partial charge is 0.407 e. The number of fused-ring (bicyclic) bond motifs is 1. The van der Waals surface area contributed by atoms with Crippen LogP contribution in [0.2, 0.25) is 0 Å². The molecule has 1 N–H and O–H groups in total. The minimum absolute atomic E-state index is 0.0154. The molecule has 6 rings (SSSR count). The SMILES string of the molecule is COc1ccccc1-c1nc2c(cc1C#N)c(N1CCC3(CCN(C(=O)O)C3)C1)nc(=O)n2-c1c(C)ccnc1C(C)C. The molecule has 1 aromatic carbocycles. The number of likely N-dealkylation sites (tertiary alicyclic amines) is 1. The van der Waals surface area contributed by atoms with Crippen molar-refractivity contribution in [3.05, 3.63) is 69.9 Å². The summed E-state index contributed by atoms with van der Waals surface area (Å²) in [6, 6.07) is 13.3. The quantitative estimate of drug-likeness (QED) is 0.355. The average Bonchev–Trinajstić information content (AvgIpc) is 3.62. The Kier molecular flexibility index (Phi) is 7.00. The maximum Gasteiger partial charge on any atom is 0.407 e. The van der Waals surface area contributed by atoms with E-state index in [4.69, 9.17) is 9.72 Å². The molecular formula is C32H33N7O4. The van der Waals surface area contributed by atoms with E-state index < -0.39 is 11.8 Å². The molecule has 5 heterocycles. The van der Waals surface area contributed by atoms with Crippen molar-refractivity contribution in [1.29, 1.82) is 5.26 Å². The second-order valence-electron chi connectivity index (χ2n) is 11.8. The van der Waals surface area contributed by atoms with Crippen molar-refractivity contribution in [1.82, 2.24) is 24.4 Å². The molecule has 43 heavy (non-hydrogen) atoms. The third-order valence-electron chi connectivity index (χ3n) is 8.70. The number of rotatable bonds is 5. The number of pyridine rings is 2. The van der Waals surface area contributed by atoms with Gasteiger partial charge in [0.15, 0.2) is 5.65 Å². The molecule has 2 saturated heterocycles. The third-order valence-corrected chi connectivity index (χ3v) is 8.70. The van der Waals surface area contributed by atoms with Crippen LogP contribution in [0.4, 0.5) is 10.6 Å². The first kappa shape index (κ1) is 28.2. The Morgan fingerprint density at radius 2 is 1.91 bits per heavy atom. The molecule has 2 aliphatic heterocycles. The molecule has 2 fully saturated rings. The van der Waals surface area contributed by atoms with Crippen molar-refractivity contribution >= 4 is 22.9 Å². The Morgan fingerprint density at radius 1 is 1.14 bits per heavy atom. The van der Waals surface area contributed by atoms with E-state index in [2.05, 4.69) is 16.0 Å². The van der Waals surface area contributed by atoms with E-state index in [-0.39, 0.29) is 11.3 Å². The number of para-hydroxylation sites is 1. The van der Waals surface area contributed by atoms with Gasteiger partial charge < -0.3 is 19.6 Å². The number of aryl methyl sites for hydroxylation is 1. The van der Waals surface area contributed by atoms with E-state index in [9.17, 15) is 20.0 Å². The van der Waals surface area contributed by atoms with Gasteiger partial charge in [0.2, 0.25) is 0 Å². The first-order chi connectivity index (χ1) is 20.7. The zero-order chi connectivity index (χ0) is 30.5. The summed E-state index contributed by atoms with van der Waals surface area (Å²) < 4.78 is 7.13. The second kappa shape index (κ2) is 10.7. The van der Waals surface area contributed by atoms with Crippen LogP contribution in [0.3, 0.4) is 0 Å². The molecule has 0 aliphatic carbocycles. The molecule has 1 spiro atoms. The summed E-state index contributed by atoms with van der Waals surface area (Å²) in [6.45, 7) is 8.07. The summed E-state index contributed by atoms with van der Waals surface area (Å²) in [4.78, 5) is 43.5. The number of ether oxygens (including phenoxy) is 1. The summed E-state index contributed by atoms with van der Waals surface area (Å²) in [5.41, 5.74) is 3.22. The molecule has 11 nitrogen and oxygen atoms in total. The van der Waals surface area contributed by atoms with Gasteiger partial charge in [0, 0.05) is 43.4 Å². The van der Waals surface area contributed by atoms with E-state index in [0.717, 1.165) is 24.1 Å². The number of amides is 1. The number of nitrogens with zero attached hydrogens (tertiary/aromatic N) is 7. The number of hydrogen-bond donors (Lipinski definition) is 1. The van der Waals surface area contributed by atoms with E-state index in [1.54, 1.807) is 25.4 Å². The molecule has 1 atom stereocenters. The average molecular weight is 580 g/mol. The fourth-order valence-electron chi connectivity index (χ4n) is 6.54. The van der Waals surface area contributed by atoms with Crippen molar-refractivity contribution in [2.45, 2.75) is 39.5 Å². The van der Waals surface area contributed by atoms with Crippen molar-refractivity contribution in [3.63, 3.8) is 0 Å². The van der Waals surface area contributed by atoms with Crippen molar-refractivity contribution < 1.29 is 14.6 Å². The fourth-order valence-corrected chi connectivity index (χ4v) is 6.54. The van der Waals surface area contributed by atoms with Gasteiger partial charge in [0.25, 0.3) is 0 Å². The minimum Gasteiger partial charge on any atom is -0.496 e. The summed E-state index contributed by atoms with van der Waals surface area (Å²) in [6.07, 6.45) is 2.34. The van der Waals surface area contributed by atoms with E-state index in [1.807, 2.05) is 49.9 Å². The Morgan fingerprint density at radius 3 is 2.60 bits per heavy atom. The minimum atomic E-state index is -0.916. The number of carboxylic acid groups (broad SMARTS) is 1. The highest BCUT2D eigenvalue weighted by molar-refractivity contribution is 5.92. The molecule has 0 bridgehead atoms. The molecule has 220 valence electrons. The lowest BCUT2D eigenvalue weighted by Gasteiger charge is -2.26. The Balaban J connectivity index is 1.62. The Bertz CT molecular complexity index is 1860. The van der Waals surface area contributed by atoms with Crippen LogP contribution in [0, 0.1) is 23.7 Å². The lowest BCUT2D eigenvalue weighted by atomic mass is 9.86. The summed E-state index contributed by atoms with van der Waals surface area (Å²) in [5.74, 6) is 1.02. The normalized spacial score (nSPS) is 18.1. The van der Waals surface area contributed by atoms with Gasteiger partial charge in [-0.25, -0.2) is 19.1 Å². The second-order valence-corrected chi connectivity index (χ2v) is 11.8. The van der Waals surface area contributed by atoms with Crippen LogP contribution in [0.5, 0.6) is 5.75 Å². The summed E-state index contributed by atoms with van der Waals surface area (Å²) >= 11 is 0. The molecule has 0 saturated carbocycles. The number of benzene rings is 1. The number of nitriles is 1. The van der Waals surface area contributed by atoms with Gasteiger partial charge in [0.05, 0.1) is 35.1 Å². The van der Waals surface area contributed by atoms with Crippen LogP contribution in [-0.2, 0) is 0 Å². The van der Waals surface area contributed by atoms with Crippen LogP contribution < -0.4 is 15.3 Å². The largest absolute Gasteiger partial charge is 0.496 e. The highest BCUT2D eigenvalue weighted by atomic mass is 16.5. The number of anilines is 1. The van der Waals surface area contributed by atoms with Gasteiger partial charge >= 0.3 is 11.8 Å². The van der Waals surface area contributed by atoms with Crippen molar-refractivity contribution in [2.24, 2.45) is 5.41 Å². The van der Waals surface area contributed by atoms with Gasteiger partial charge in [-0.05, 0) is 55.5 Å². The fraction of sp³-hybridized carbons (Fsp3) is 0.375. The summed E-state index contributed by atoms with van der Waals surface area (Å²) in [5, 5.41) is 20.4. The van der Waals surface area contributed by atoms with Gasteiger partial charge in [-0.1, -0.05) is 26.0 Å². The van der Waals surface area contributed by atoms with E-state index in [0.29, 0.717) is 71.3 Å². The maximum absolute atomic E-state index is 14.1. The van der Waals surface area contributed by atoms with E-state index in [1.165, 1.54) is 9.47 Å². The number of aromatic nitrogens is 4. The lowest BCUT2D eigenvalue weighted by Crippen LogP contribution is -2.34. The van der Waals surface area contributed by atoms with Gasteiger partial charge in [-0.15, -0.1) is 0 Å². The van der Waals surface area contributed by atoms with Gasteiger partial charge in [-0.2, -0.15) is 10.2 Å². The topological polar surface area (TPSA) is 137 Å². The first-order valence-corrected chi connectivity index (χ1v) is 14.4. The highest BCUT2D eigenvalue weighted by Gasteiger charge is 2.45. The zero-order valence-electron chi connectivity index (χ0n) is 24.7. The lowest BCUT2D eigenvalue weighted by molar-refractivity contribution is 0.150. The van der Waals surface area contributed by atoms with Crippen LogP contribution in [0.25, 0.3) is 28.0 Å². The molecule has 2 aliphatic rings. The highest BCUT2D eigenvalue weighted by Crippen LogP contribution is 2.43. The predicted molar refractivity (Wildman–Crippen MR) is 162 cm³/mol. The molecule has 4 aromatic rings. The molecular weight excluding hydrogens is 546 g/mol. The van der Waals surface area contributed by atoms with Gasteiger partial charge in [0.1, 0.15) is 17.6 Å². The Hall–Kier alpha value is -4.98. The van der Waals surface area contributed by atoms with Crippen LogP contribution in [0.15, 0.2) is 47.4 Å². The van der Waals surface area contributed by atoms with Crippen molar-refractivity contribution in [3.8, 4) is 28.8 Å². The molecule has 1 amide bonds. The summed E-state index contributed by atoms with van der Waals surface area (Å²) in [7, 11) is 1.56. The molecule has 0 radical (unpaired) electrons. The number of carbonyl (C=O) groups is 1. The van der Waals surface area contributed by atoms with Crippen LogP contribution in [0.1, 0.15) is 49.4 Å². The molecule has 11 heteroatoms. The van der Waals surface area contributed by atoms with Crippen molar-refractivity contribution in [2.75, 3.05) is 38.2 Å². The zero-order valence-corrected chi connectivity index (χ0v) is 24.7. The van der Waals surface area contributed by atoms with E-state index >= 15 is 0 Å². The first-order valence-electron chi connectivity index (χ1n) is 14.4. The number of methoxy groups -OCH3 is 1. The standard InChI is InChI=1S/C32H33N7O4/c1-19(2)25-27(20(3)9-12-34-25)39-29-23(15-21(16-33)26(35-29)22-7-5-6-8-24(22)43-4)28(36-30(39)40)37-13-10-32(17-37)11-14-38(18-32)31(41)42/h5-9,12,15,19H,10-11,13-14,17-18H2,1-4H3,(H,41,42). The molecule has 1 unspecified atom stereocenters. The van der Waals surface area contributed by atoms with Crippen LogP contribution in [-0.4, -0.2) is 68.9 Å². The van der Waals surface area contributed by atoms with Gasteiger partial charge in [-0.3, -0.25) is 4.98 Å². The monoisotopic (exact) mass is 579 g/mol. The predicted octanol–water partition coefficient (Wildman–Crippen LogP) is 4.74. The van der Waals surface area contributed by atoms with Crippen LogP contribution >= 0.6 is 0 Å². The Labute approximate surface area is 249 Å². The number of hydrogen-bond acceptors (Lipinski definition) is 8. The molecule has 3 aromatic heterocycles.